The monoisotopic (exact) mass is 314 g/mol. The van der Waals surface area contributed by atoms with Crippen LogP contribution in [0.2, 0.25) is 5.02 Å². The van der Waals surface area contributed by atoms with Crippen LogP contribution in [0.15, 0.2) is 23.1 Å². The van der Waals surface area contributed by atoms with Crippen molar-refractivity contribution in [1.29, 1.82) is 0 Å². The van der Waals surface area contributed by atoms with Gasteiger partial charge in [-0.25, -0.2) is 8.42 Å². The third-order valence-corrected chi connectivity index (χ3v) is 6.68. The SMILES string of the molecule is Cc1ccc(Cl)cc1S(=O)(=O)N1CCC2CNCC2C1. The van der Waals surface area contributed by atoms with Gasteiger partial charge in [-0.3, -0.25) is 0 Å². The maximum atomic E-state index is 12.8. The molecule has 110 valence electrons. The number of halogens is 1. The second kappa shape index (κ2) is 5.30. The van der Waals surface area contributed by atoms with Gasteiger partial charge in [0.2, 0.25) is 10.0 Å². The average Bonchev–Trinajstić information content (AvgIpc) is 2.88. The fraction of sp³-hybridized carbons (Fsp3) is 0.571. The van der Waals surface area contributed by atoms with E-state index in [2.05, 4.69) is 5.32 Å². The maximum absolute atomic E-state index is 12.8. The Morgan fingerprint density at radius 1 is 1.30 bits per heavy atom. The summed E-state index contributed by atoms with van der Waals surface area (Å²) >= 11 is 5.96. The van der Waals surface area contributed by atoms with Gasteiger partial charge < -0.3 is 5.32 Å². The Balaban J connectivity index is 1.90. The summed E-state index contributed by atoms with van der Waals surface area (Å²) < 4.78 is 27.2. The smallest absolute Gasteiger partial charge is 0.243 e. The average molecular weight is 315 g/mol. The van der Waals surface area contributed by atoms with E-state index in [0.29, 0.717) is 34.8 Å². The lowest BCUT2D eigenvalue weighted by Gasteiger charge is -2.33. The second-order valence-corrected chi connectivity index (χ2v) is 8.08. The van der Waals surface area contributed by atoms with Crippen molar-refractivity contribution in [2.75, 3.05) is 26.2 Å². The quantitative estimate of drug-likeness (QED) is 0.907. The molecule has 2 heterocycles. The fourth-order valence-corrected chi connectivity index (χ4v) is 5.21. The summed E-state index contributed by atoms with van der Waals surface area (Å²) in [5, 5.41) is 3.82. The first-order valence-electron chi connectivity index (χ1n) is 6.95. The molecule has 0 amide bonds. The van der Waals surface area contributed by atoms with Crippen LogP contribution in [0.5, 0.6) is 0 Å². The summed E-state index contributed by atoms with van der Waals surface area (Å²) in [6.45, 7) is 4.98. The standard InChI is InChI=1S/C14H19ClN2O2S/c1-10-2-3-13(15)6-14(10)20(18,19)17-5-4-11-7-16-8-12(11)9-17/h2-3,6,11-12,16H,4-5,7-9H2,1H3. The Kier molecular flexibility index (Phi) is 3.79. The zero-order valence-electron chi connectivity index (χ0n) is 11.5. The van der Waals surface area contributed by atoms with Gasteiger partial charge >= 0.3 is 0 Å². The summed E-state index contributed by atoms with van der Waals surface area (Å²) in [5.74, 6) is 1.07. The van der Waals surface area contributed by atoms with Crippen molar-refractivity contribution < 1.29 is 8.42 Å². The molecule has 2 unspecified atom stereocenters. The van der Waals surface area contributed by atoms with E-state index in [4.69, 9.17) is 11.6 Å². The number of benzene rings is 1. The molecule has 1 N–H and O–H groups in total. The summed E-state index contributed by atoms with van der Waals surface area (Å²) in [6.07, 6.45) is 0.941. The van der Waals surface area contributed by atoms with Crippen LogP contribution in [0.1, 0.15) is 12.0 Å². The lowest BCUT2D eigenvalue weighted by atomic mass is 9.90. The van der Waals surface area contributed by atoms with Crippen LogP contribution in [0.25, 0.3) is 0 Å². The number of hydrogen-bond acceptors (Lipinski definition) is 3. The number of fused-ring (bicyclic) bond motifs is 1. The van der Waals surface area contributed by atoms with Gasteiger partial charge in [0.05, 0.1) is 4.90 Å². The first-order chi connectivity index (χ1) is 9.48. The normalized spacial score (nSPS) is 27.5. The molecule has 1 aromatic rings. The van der Waals surface area contributed by atoms with Crippen LogP contribution in [0.3, 0.4) is 0 Å². The lowest BCUT2D eigenvalue weighted by molar-refractivity contribution is 0.228. The summed E-state index contributed by atoms with van der Waals surface area (Å²) in [6, 6.07) is 5.05. The molecular weight excluding hydrogens is 296 g/mol. The first kappa shape index (κ1) is 14.3. The minimum atomic E-state index is -3.43. The van der Waals surface area contributed by atoms with E-state index in [1.165, 1.54) is 0 Å². The molecule has 20 heavy (non-hydrogen) atoms. The number of hydrogen-bond donors (Lipinski definition) is 1. The molecule has 3 rings (SSSR count). The van der Waals surface area contributed by atoms with E-state index in [1.807, 2.05) is 6.92 Å². The molecule has 2 fully saturated rings. The van der Waals surface area contributed by atoms with Crippen molar-refractivity contribution in [1.82, 2.24) is 9.62 Å². The molecule has 1 aromatic carbocycles. The van der Waals surface area contributed by atoms with Crippen LogP contribution in [-0.2, 0) is 10.0 Å². The summed E-state index contributed by atoms with van der Waals surface area (Å²) in [7, 11) is -3.43. The van der Waals surface area contributed by atoms with Gasteiger partial charge in [-0.2, -0.15) is 4.31 Å². The van der Waals surface area contributed by atoms with E-state index in [-0.39, 0.29) is 0 Å². The highest BCUT2D eigenvalue weighted by atomic mass is 35.5. The number of piperidine rings is 1. The van der Waals surface area contributed by atoms with Crippen LogP contribution in [0.4, 0.5) is 0 Å². The van der Waals surface area contributed by atoms with Gasteiger partial charge in [0.15, 0.2) is 0 Å². The molecule has 0 spiro atoms. The van der Waals surface area contributed by atoms with Crippen LogP contribution >= 0.6 is 11.6 Å². The van der Waals surface area contributed by atoms with Gasteiger partial charge in [-0.15, -0.1) is 0 Å². The number of aryl methyl sites for hydroxylation is 1. The maximum Gasteiger partial charge on any atom is 0.243 e. The molecule has 2 aliphatic heterocycles. The lowest BCUT2D eigenvalue weighted by Crippen LogP contribution is -2.43. The zero-order valence-corrected chi connectivity index (χ0v) is 13.0. The van der Waals surface area contributed by atoms with Gasteiger partial charge in [-0.1, -0.05) is 17.7 Å². The Morgan fingerprint density at radius 3 is 2.85 bits per heavy atom. The van der Waals surface area contributed by atoms with E-state index in [9.17, 15) is 8.42 Å². The second-order valence-electron chi connectivity index (χ2n) is 5.74. The Labute approximate surface area is 125 Å². The van der Waals surface area contributed by atoms with E-state index < -0.39 is 10.0 Å². The van der Waals surface area contributed by atoms with Crippen molar-refractivity contribution >= 4 is 21.6 Å². The minimum Gasteiger partial charge on any atom is -0.316 e. The van der Waals surface area contributed by atoms with Gasteiger partial charge in [0.25, 0.3) is 0 Å². The van der Waals surface area contributed by atoms with E-state index >= 15 is 0 Å². The van der Waals surface area contributed by atoms with Crippen molar-refractivity contribution in [3.63, 3.8) is 0 Å². The predicted molar refractivity (Wildman–Crippen MR) is 79.4 cm³/mol. The van der Waals surface area contributed by atoms with Gasteiger partial charge in [0, 0.05) is 18.1 Å². The Hall–Kier alpha value is -0.620. The third kappa shape index (κ3) is 2.48. The predicted octanol–water partition coefficient (Wildman–Crippen LogP) is 1.88. The molecule has 2 aliphatic rings. The Morgan fingerprint density at radius 2 is 2.05 bits per heavy atom. The third-order valence-electron chi connectivity index (χ3n) is 4.44. The summed E-state index contributed by atoms with van der Waals surface area (Å²) in [4.78, 5) is 0.342. The molecule has 0 saturated carbocycles. The number of sulfonamides is 1. The highest BCUT2D eigenvalue weighted by Gasteiger charge is 2.38. The zero-order chi connectivity index (χ0) is 14.3. The molecule has 0 bridgehead atoms. The molecule has 4 nitrogen and oxygen atoms in total. The van der Waals surface area contributed by atoms with E-state index in [1.54, 1.807) is 22.5 Å². The summed E-state index contributed by atoms with van der Waals surface area (Å²) in [5.41, 5.74) is 0.751. The van der Waals surface area contributed by atoms with Crippen LogP contribution in [0, 0.1) is 18.8 Å². The number of nitrogens with zero attached hydrogens (tertiary/aromatic N) is 1. The largest absolute Gasteiger partial charge is 0.316 e. The number of nitrogens with one attached hydrogen (secondary N) is 1. The highest BCUT2D eigenvalue weighted by molar-refractivity contribution is 7.89. The van der Waals surface area contributed by atoms with Crippen molar-refractivity contribution in [2.45, 2.75) is 18.2 Å². The Bertz CT molecular complexity index is 618. The molecule has 6 heteroatoms. The molecule has 0 aromatic heterocycles. The first-order valence-corrected chi connectivity index (χ1v) is 8.77. The van der Waals surface area contributed by atoms with Crippen molar-refractivity contribution in [3.05, 3.63) is 28.8 Å². The number of rotatable bonds is 2. The molecule has 0 radical (unpaired) electrons. The molecule has 0 aliphatic carbocycles. The highest BCUT2D eigenvalue weighted by Crippen LogP contribution is 2.31. The van der Waals surface area contributed by atoms with Gasteiger partial charge in [0.1, 0.15) is 0 Å². The van der Waals surface area contributed by atoms with Crippen molar-refractivity contribution in [3.8, 4) is 0 Å². The topological polar surface area (TPSA) is 49.4 Å². The van der Waals surface area contributed by atoms with E-state index in [0.717, 1.165) is 25.1 Å². The fourth-order valence-electron chi connectivity index (χ4n) is 3.21. The van der Waals surface area contributed by atoms with Crippen molar-refractivity contribution in [2.24, 2.45) is 11.8 Å². The van der Waals surface area contributed by atoms with Gasteiger partial charge in [-0.05, 0) is 56.0 Å². The van der Waals surface area contributed by atoms with Crippen LogP contribution < -0.4 is 5.32 Å². The minimum absolute atomic E-state index is 0.342. The molecular formula is C14H19ClN2O2S. The molecule has 2 atom stereocenters. The van der Waals surface area contributed by atoms with Crippen LogP contribution in [-0.4, -0.2) is 38.9 Å². The molecule has 2 saturated heterocycles.